The quantitative estimate of drug-likeness (QED) is 0.859. The Hall–Kier alpha value is -1.12. The molecular formula is C15H19ClN2O2. The SMILES string of the molecule is N#Cc1cc(Cl)cc(CCN2CC(CO)C(CO)C2)c1. The molecule has 1 heterocycles. The molecule has 108 valence electrons. The van der Waals surface area contributed by atoms with Gasteiger partial charge in [0.1, 0.15) is 0 Å². The second kappa shape index (κ2) is 7.05. The Labute approximate surface area is 124 Å². The fourth-order valence-electron chi connectivity index (χ4n) is 2.78. The number of likely N-dealkylation sites (tertiary alicyclic amines) is 1. The van der Waals surface area contributed by atoms with E-state index in [2.05, 4.69) is 11.0 Å². The minimum atomic E-state index is 0.122. The highest BCUT2D eigenvalue weighted by molar-refractivity contribution is 6.30. The van der Waals surface area contributed by atoms with Gasteiger partial charge in [-0.25, -0.2) is 0 Å². The predicted octanol–water partition coefficient (Wildman–Crippen LogP) is 1.29. The highest BCUT2D eigenvalue weighted by Crippen LogP contribution is 2.23. The summed E-state index contributed by atoms with van der Waals surface area (Å²) in [5.41, 5.74) is 1.62. The second-order valence-electron chi connectivity index (χ2n) is 5.35. The van der Waals surface area contributed by atoms with Crippen molar-refractivity contribution < 1.29 is 10.2 Å². The summed E-state index contributed by atoms with van der Waals surface area (Å²) in [6, 6.07) is 7.50. The first kappa shape index (κ1) is 15.3. The summed E-state index contributed by atoms with van der Waals surface area (Å²) >= 11 is 5.98. The molecule has 0 amide bonds. The standard InChI is InChI=1S/C15H19ClN2O2/c16-15-4-11(3-12(5-15)6-17)1-2-18-7-13(9-19)14(8-18)10-20/h3-5,13-14,19-20H,1-2,7-10H2. The zero-order chi connectivity index (χ0) is 14.5. The Morgan fingerprint density at radius 1 is 1.20 bits per heavy atom. The lowest BCUT2D eigenvalue weighted by Gasteiger charge is -2.15. The van der Waals surface area contributed by atoms with Crippen molar-refractivity contribution in [1.29, 1.82) is 5.26 Å². The van der Waals surface area contributed by atoms with Crippen LogP contribution < -0.4 is 0 Å². The van der Waals surface area contributed by atoms with Crippen LogP contribution in [0.15, 0.2) is 18.2 Å². The van der Waals surface area contributed by atoms with Crippen LogP contribution in [0.3, 0.4) is 0 Å². The lowest BCUT2D eigenvalue weighted by molar-refractivity contribution is 0.152. The van der Waals surface area contributed by atoms with E-state index in [1.54, 1.807) is 6.07 Å². The number of nitriles is 1. The van der Waals surface area contributed by atoms with Crippen molar-refractivity contribution in [3.63, 3.8) is 0 Å². The molecule has 1 fully saturated rings. The number of hydrogen-bond donors (Lipinski definition) is 2. The van der Waals surface area contributed by atoms with E-state index in [-0.39, 0.29) is 25.0 Å². The molecule has 1 aliphatic rings. The summed E-state index contributed by atoms with van der Waals surface area (Å²) in [7, 11) is 0. The molecule has 0 aliphatic carbocycles. The molecule has 0 radical (unpaired) electrons. The van der Waals surface area contributed by atoms with Gasteiger partial charge in [0.25, 0.3) is 0 Å². The zero-order valence-corrected chi connectivity index (χ0v) is 12.1. The maximum Gasteiger partial charge on any atom is 0.0992 e. The molecule has 1 aromatic rings. The fraction of sp³-hybridized carbons (Fsp3) is 0.533. The first-order valence-electron chi connectivity index (χ1n) is 6.80. The topological polar surface area (TPSA) is 67.5 Å². The zero-order valence-electron chi connectivity index (χ0n) is 11.3. The average molecular weight is 295 g/mol. The van der Waals surface area contributed by atoms with Crippen molar-refractivity contribution in [2.75, 3.05) is 32.8 Å². The normalized spacial score (nSPS) is 22.9. The van der Waals surface area contributed by atoms with E-state index in [0.29, 0.717) is 10.6 Å². The number of rotatable bonds is 5. The third-order valence-corrected chi connectivity index (χ3v) is 4.14. The average Bonchev–Trinajstić information content (AvgIpc) is 2.87. The molecule has 1 saturated heterocycles. The first-order valence-corrected chi connectivity index (χ1v) is 7.17. The molecule has 0 saturated carbocycles. The molecule has 2 atom stereocenters. The molecule has 2 N–H and O–H groups in total. The third kappa shape index (κ3) is 3.71. The first-order chi connectivity index (χ1) is 9.66. The number of benzene rings is 1. The smallest absolute Gasteiger partial charge is 0.0992 e. The highest BCUT2D eigenvalue weighted by atomic mass is 35.5. The van der Waals surface area contributed by atoms with Gasteiger partial charge in [0.15, 0.2) is 0 Å². The van der Waals surface area contributed by atoms with Crippen LogP contribution in [0, 0.1) is 23.2 Å². The van der Waals surface area contributed by atoms with E-state index in [1.165, 1.54) is 0 Å². The molecule has 0 bridgehead atoms. The third-order valence-electron chi connectivity index (χ3n) is 3.92. The van der Waals surface area contributed by atoms with Crippen LogP contribution in [0.25, 0.3) is 0 Å². The van der Waals surface area contributed by atoms with Gasteiger partial charge in [0.05, 0.1) is 11.6 Å². The number of hydrogen-bond acceptors (Lipinski definition) is 4. The number of nitrogens with zero attached hydrogens (tertiary/aromatic N) is 2. The molecule has 5 heteroatoms. The molecule has 0 aromatic heterocycles. The van der Waals surface area contributed by atoms with Gasteiger partial charge in [0.2, 0.25) is 0 Å². The fourth-order valence-corrected chi connectivity index (χ4v) is 3.04. The van der Waals surface area contributed by atoms with Crippen LogP contribution >= 0.6 is 11.6 Å². The van der Waals surface area contributed by atoms with E-state index < -0.39 is 0 Å². The van der Waals surface area contributed by atoms with Crippen molar-refractivity contribution in [2.24, 2.45) is 11.8 Å². The van der Waals surface area contributed by atoms with Gasteiger partial charge in [-0.2, -0.15) is 5.26 Å². The van der Waals surface area contributed by atoms with Crippen molar-refractivity contribution in [1.82, 2.24) is 4.90 Å². The molecule has 20 heavy (non-hydrogen) atoms. The molecule has 4 nitrogen and oxygen atoms in total. The van der Waals surface area contributed by atoms with Crippen LogP contribution in [-0.2, 0) is 6.42 Å². The van der Waals surface area contributed by atoms with Crippen LogP contribution in [0.4, 0.5) is 0 Å². The van der Waals surface area contributed by atoms with Gasteiger partial charge in [0, 0.05) is 49.7 Å². The lowest BCUT2D eigenvalue weighted by atomic mass is 9.98. The summed E-state index contributed by atoms with van der Waals surface area (Å²) in [5.74, 6) is 0.322. The van der Waals surface area contributed by atoms with Gasteiger partial charge in [-0.05, 0) is 30.2 Å². The van der Waals surface area contributed by atoms with Gasteiger partial charge >= 0.3 is 0 Å². The predicted molar refractivity (Wildman–Crippen MR) is 77.5 cm³/mol. The van der Waals surface area contributed by atoms with Gasteiger partial charge in [-0.1, -0.05) is 11.6 Å². The molecule has 2 rings (SSSR count). The summed E-state index contributed by atoms with van der Waals surface area (Å²) in [6.45, 7) is 2.72. The maximum absolute atomic E-state index is 9.28. The maximum atomic E-state index is 9.28. The molecule has 1 aliphatic heterocycles. The van der Waals surface area contributed by atoms with E-state index in [4.69, 9.17) is 16.9 Å². The van der Waals surface area contributed by atoms with Crippen molar-refractivity contribution in [2.45, 2.75) is 6.42 Å². The Bertz CT molecular complexity index is 489. The van der Waals surface area contributed by atoms with Crippen LogP contribution in [-0.4, -0.2) is 48.0 Å². The Kier molecular flexibility index (Phi) is 5.38. The molecule has 0 spiro atoms. The number of aliphatic hydroxyl groups excluding tert-OH is 2. The Morgan fingerprint density at radius 3 is 2.40 bits per heavy atom. The van der Waals surface area contributed by atoms with Crippen LogP contribution in [0.2, 0.25) is 5.02 Å². The van der Waals surface area contributed by atoms with Crippen molar-refractivity contribution in [3.05, 3.63) is 34.3 Å². The van der Waals surface area contributed by atoms with E-state index >= 15 is 0 Å². The summed E-state index contributed by atoms with van der Waals surface area (Å²) < 4.78 is 0. The van der Waals surface area contributed by atoms with E-state index in [9.17, 15) is 10.2 Å². The van der Waals surface area contributed by atoms with E-state index in [0.717, 1.165) is 31.6 Å². The Morgan fingerprint density at radius 2 is 1.85 bits per heavy atom. The molecule has 1 aromatic carbocycles. The second-order valence-corrected chi connectivity index (χ2v) is 5.79. The number of halogens is 1. The molecular weight excluding hydrogens is 276 g/mol. The molecule has 2 unspecified atom stereocenters. The summed E-state index contributed by atoms with van der Waals surface area (Å²) in [5, 5.41) is 28.1. The summed E-state index contributed by atoms with van der Waals surface area (Å²) in [6.07, 6.45) is 0.811. The van der Waals surface area contributed by atoms with Gasteiger partial charge < -0.3 is 15.1 Å². The van der Waals surface area contributed by atoms with Crippen molar-refractivity contribution in [3.8, 4) is 6.07 Å². The van der Waals surface area contributed by atoms with Crippen LogP contribution in [0.5, 0.6) is 0 Å². The lowest BCUT2D eigenvalue weighted by Crippen LogP contribution is -2.24. The minimum Gasteiger partial charge on any atom is -0.396 e. The van der Waals surface area contributed by atoms with Gasteiger partial charge in [-0.15, -0.1) is 0 Å². The van der Waals surface area contributed by atoms with E-state index in [1.807, 2.05) is 12.1 Å². The van der Waals surface area contributed by atoms with Gasteiger partial charge in [-0.3, -0.25) is 0 Å². The number of aliphatic hydroxyl groups is 2. The monoisotopic (exact) mass is 294 g/mol. The highest BCUT2D eigenvalue weighted by Gasteiger charge is 2.31. The Balaban J connectivity index is 1.93. The summed E-state index contributed by atoms with van der Waals surface area (Å²) in [4.78, 5) is 2.24. The largest absolute Gasteiger partial charge is 0.396 e. The minimum absolute atomic E-state index is 0.122. The van der Waals surface area contributed by atoms with Crippen molar-refractivity contribution >= 4 is 11.6 Å². The van der Waals surface area contributed by atoms with Crippen LogP contribution in [0.1, 0.15) is 11.1 Å².